The van der Waals surface area contributed by atoms with Crippen molar-refractivity contribution in [2.75, 3.05) is 18.8 Å². The maximum atomic E-state index is 12.1. The Morgan fingerprint density at radius 1 is 1.52 bits per heavy atom. The zero-order chi connectivity index (χ0) is 18.3. The summed E-state index contributed by atoms with van der Waals surface area (Å²) in [6.45, 7) is 2.55. The van der Waals surface area contributed by atoms with Crippen LogP contribution in [-0.4, -0.2) is 74.8 Å². The number of nitrogens with one attached hydrogen (secondary N) is 1. The van der Waals surface area contributed by atoms with Crippen molar-refractivity contribution < 1.29 is 19.8 Å². The summed E-state index contributed by atoms with van der Waals surface area (Å²) in [5.41, 5.74) is -0.0291. The highest BCUT2D eigenvalue weighted by atomic mass is 32.2. The van der Waals surface area contributed by atoms with Gasteiger partial charge >= 0.3 is 5.97 Å². The molecule has 0 radical (unpaired) electrons. The van der Waals surface area contributed by atoms with Gasteiger partial charge in [-0.1, -0.05) is 5.18 Å². The normalized spacial score (nSPS) is 29.5. The van der Waals surface area contributed by atoms with E-state index in [9.17, 15) is 24.7 Å². The number of amides is 1. The minimum absolute atomic E-state index is 0.0291. The molecule has 0 aromatic carbocycles. The predicted molar refractivity (Wildman–Crippen MR) is 91.0 cm³/mol. The number of aliphatic carboxylic acids is 1. The fraction of sp³-hybridized carbons (Fsp3) is 0.667. The van der Waals surface area contributed by atoms with E-state index in [0.29, 0.717) is 36.7 Å². The van der Waals surface area contributed by atoms with Gasteiger partial charge in [0.2, 0.25) is 5.91 Å². The third kappa shape index (κ3) is 3.04. The lowest BCUT2D eigenvalue weighted by Gasteiger charge is -2.44. The number of aliphatic hydroxyl groups is 1. The van der Waals surface area contributed by atoms with Gasteiger partial charge in [-0.05, 0) is 13.3 Å². The molecular formula is C15H20N4O5S. The second-order valence-electron chi connectivity index (χ2n) is 6.55. The molecule has 0 spiro atoms. The fourth-order valence-electron chi connectivity index (χ4n) is 3.68. The van der Waals surface area contributed by atoms with Crippen LogP contribution in [0.4, 0.5) is 0 Å². The number of amidine groups is 1. The molecule has 0 aromatic rings. The number of fused-ring (bicyclic) bond motifs is 1. The van der Waals surface area contributed by atoms with Gasteiger partial charge < -0.3 is 20.0 Å². The first-order valence-electron chi connectivity index (χ1n) is 8.10. The van der Waals surface area contributed by atoms with Gasteiger partial charge in [0.05, 0.1) is 23.8 Å². The lowest BCUT2D eigenvalue weighted by atomic mass is 9.83. The molecule has 25 heavy (non-hydrogen) atoms. The van der Waals surface area contributed by atoms with Gasteiger partial charge in [-0.3, -0.25) is 10.2 Å². The molecule has 0 bridgehead atoms. The number of nitrogens with zero attached hydrogens (tertiary/aromatic N) is 3. The Morgan fingerprint density at radius 2 is 2.24 bits per heavy atom. The van der Waals surface area contributed by atoms with Gasteiger partial charge in [-0.25, -0.2) is 4.79 Å². The molecule has 3 heterocycles. The molecule has 9 nitrogen and oxygen atoms in total. The molecule has 0 saturated carbocycles. The Bertz CT molecular complexity index is 664. The molecule has 2 saturated heterocycles. The molecular weight excluding hydrogens is 348 g/mol. The number of hydrogen-bond acceptors (Lipinski definition) is 7. The summed E-state index contributed by atoms with van der Waals surface area (Å²) < 4.78 is 0. The van der Waals surface area contributed by atoms with Crippen LogP contribution in [0, 0.1) is 16.2 Å². The van der Waals surface area contributed by atoms with Gasteiger partial charge in [0.25, 0.3) is 0 Å². The van der Waals surface area contributed by atoms with Crippen LogP contribution in [0.15, 0.2) is 15.8 Å². The first-order valence-corrected chi connectivity index (χ1v) is 9.09. The number of carboxylic acid groups (broad SMARTS) is 1. The second-order valence-corrected chi connectivity index (χ2v) is 7.62. The second kappa shape index (κ2) is 6.75. The van der Waals surface area contributed by atoms with Gasteiger partial charge in [-0.15, -0.1) is 11.8 Å². The van der Waals surface area contributed by atoms with Crippen LogP contribution in [0.25, 0.3) is 0 Å². The Balaban J connectivity index is 1.66. The van der Waals surface area contributed by atoms with Crippen LogP contribution in [-0.2, 0) is 9.59 Å². The van der Waals surface area contributed by atoms with E-state index in [0.717, 1.165) is 0 Å². The smallest absolute Gasteiger partial charge is 0.353 e. The Morgan fingerprint density at radius 3 is 2.80 bits per heavy atom. The third-order valence-electron chi connectivity index (χ3n) is 4.97. The number of thioether (sulfide) groups is 1. The number of nitroso groups, excluding NO2 is 1. The number of rotatable bonds is 6. The van der Waals surface area contributed by atoms with E-state index in [2.05, 4.69) is 5.18 Å². The average molecular weight is 368 g/mol. The van der Waals surface area contributed by atoms with Crippen LogP contribution >= 0.6 is 11.8 Å². The zero-order valence-electron chi connectivity index (χ0n) is 13.7. The summed E-state index contributed by atoms with van der Waals surface area (Å²) in [4.78, 5) is 37.9. The molecule has 0 aliphatic carbocycles. The topological polar surface area (TPSA) is 134 Å². The first-order chi connectivity index (χ1) is 11.8. The summed E-state index contributed by atoms with van der Waals surface area (Å²) in [6, 6.07) is -0.609. The van der Waals surface area contributed by atoms with Crippen molar-refractivity contribution in [1.29, 1.82) is 5.41 Å². The predicted octanol–water partition coefficient (Wildman–Crippen LogP) is 0.445. The van der Waals surface area contributed by atoms with Crippen molar-refractivity contribution in [1.82, 2.24) is 9.80 Å². The van der Waals surface area contributed by atoms with Crippen molar-refractivity contribution >= 4 is 29.5 Å². The molecule has 3 rings (SSSR count). The standard InChI is InChI=1S/C15H20N4O5S/c1-7(20)12-9-4-10(13(15(22)23)19(9)14(12)21)25-6-11(16)18-3-2-8(5-18)17-24/h7-9,12,16,20H,2-6H2,1H3,(H,22,23)/t7-,8?,9-,12-/m1/s1. The van der Waals surface area contributed by atoms with E-state index in [1.807, 2.05) is 0 Å². The number of likely N-dealkylation sites (tertiary alicyclic amines) is 1. The average Bonchev–Trinajstić information content (AvgIpc) is 3.14. The Hall–Kier alpha value is -1.94. The molecule has 10 heteroatoms. The monoisotopic (exact) mass is 368 g/mol. The van der Waals surface area contributed by atoms with Crippen molar-refractivity contribution in [3.05, 3.63) is 15.5 Å². The van der Waals surface area contributed by atoms with Gasteiger partial charge in [0, 0.05) is 24.4 Å². The largest absolute Gasteiger partial charge is 0.477 e. The number of carbonyl (C=O) groups is 2. The molecule has 136 valence electrons. The summed E-state index contributed by atoms with van der Waals surface area (Å²) in [6.07, 6.45) is 0.197. The van der Waals surface area contributed by atoms with Crippen molar-refractivity contribution in [2.24, 2.45) is 11.1 Å². The maximum absolute atomic E-state index is 12.1. The highest BCUT2D eigenvalue weighted by Gasteiger charge is 2.56. The van der Waals surface area contributed by atoms with Crippen LogP contribution in [0.3, 0.4) is 0 Å². The van der Waals surface area contributed by atoms with Crippen molar-refractivity contribution in [2.45, 2.75) is 38.0 Å². The maximum Gasteiger partial charge on any atom is 0.353 e. The van der Waals surface area contributed by atoms with Crippen LogP contribution < -0.4 is 0 Å². The Kier molecular flexibility index (Phi) is 4.83. The van der Waals surface area contributed by atoms with Crippen LogP contribution in [0.5, 0.6) is 0 Å². The van der Waals surface area contributed by atoms with E-state index in [1.54, 1.807) is 4.90 Å². The lowest BCUT2D eigenvalue weighted by Crippen LogP contribution is -2.61. The minimum atomic E-state index is -1.17. The molecule has 1 unspecified atom stereocenters. The molecule has 2 fully saturated rings. The van der Waals surface area contributed by atoms with Crippen molar-refractivity contribution in [3.8, 4) is 0 Å². The quantitative estimate of drug-likeness (QED) is 0.268. The summed E-state index contributed by atoms with van der Waals surface area (Å²) >= 11 is 1.24. The van der Waals surface area contributed by atoms with Crippen molar-refractivity contribution in [3.63, 3.8) is 0 Å². The number of β-lactam (4-membered cyclic amide) rings is 1. The summed E-state index contributed by atoms with van der Waals surface area (Å²) in [5, 5.41) is 30.3. The summed E-state index contributed by atoms with van der Waals surface area (Å²) in [5.74, 6) is -1.50. The fourth-order valence-corrected chi connectivity index (χ4v) is 4.78. The molecule has 4 atom stereocenters. The molecule has 0 aromatic heterocycles. The van der Waals surface area contributed by atoms with Gasteiger partial charge in [0.1, 0.15) is 17.6 Å². The number of carbonyl (C=O) groups excluding carboxylic acids is 1. The van der Waals surface area contributed by atoms with E-state index in [1.165, 1.54) is 23.6 Å². The highest BCUT2D eigenvalue weighted by molar-refractivity contribution is 8.03. The lowest BCUT2D eigenvalue weighted by molar-refractivity contribution is -0.161. The highest BCUT2D eigenvalue weighted by Crippen LogP contribution is 2.47. The molecule has 3 aliphatic heterocycles. The van der Waals surface area contributed by atoms with Gasteiger partial charge in [0.15, 0.2) is 0 Å². The molecule has 3 aliphatic rings. The number of aliphatic hydroxyl groups excluding tert-OH is 1. The number of carboxylic acids is 1. The zero-order valence-corrected chi connectivity index (χ0v) is 14.5. The third-order valence-corrected chi connectivity index (χ3v) is 6.09. The van der Waals surface area contributed by atoms with E-state index in [4.69, 9.17) is 5.41 Å². The van der Waals surface area contributed by atoms with Crippen LogP contribution in [0.1, 0.15) is 19.8 Å². The minimum Gasteiger partial charge on any atom is -0.477 e. The van der Waals surface area contributed by atoms with E-state index in [-0.39, 0.29) is 29.4 Å². The van der Waals surface area contributed by atoms with Gasteiger partial charge in [-0.2, -0.15) is 4.91 Å². The van der Waals surface area contributed by atoms with Crippen LogP contribution in [0.2, 0.25) is 0 Å². The first kappa shape index (κ1) is 17.9. The SMILES string of the molecule is C[C@@H](O)[C@H]1C(=O)N2C(C(=O)O)=C(SCC(=N)N3CCC(N=O)C3)C[C@H]12. The number of hydrogen-bond donors (Lipinski definition) is 3. The van der Waals surface area contributed by atoms with E-state index >= 15 is 0 Å². The molecule has 3 N–H and O–H groups in total. The Labute approximate surface area is 148 Å². The summed E-state index contributed by atoms with van der Waals surface area (Å²) in [7, 11) is 0. The van der Waals surface area contributed by atoms with E-state index < -0.39 is 18.0 Å². The molecule has 1 amide bonds.